The Kier molecular flexibility index (Phi) is 73.6. The summed E-state index contributed by atoms with van der Waals surface area (Å²) in [5.74, 6) is 0.722. The molecule has 0 saturated heterocycles. The summed E-state index contributed by atoms with van der Waals surface area (Å²) in [5, 5.41) is 0. The first-order valence-electron chi connectivity index (χ1n) is 0.974. The maximum atomic E-state index is 5.00. The van der Waals surface area contributed by atoms with Gasteiger partial charge in [-0.2, -0.15) is 0 Å². The van der Waals surface area contributed by atoms with Crippen LogP contribution in [0.2, 0.25) is 0 Å². The van der Waals surface area contributed by atoms with Crippen molar-refractivity contribution in [1.29, 1.82) is 0 Å². The van der Waals surface area contributed by atoms with Crippen LogP contribution >= 0.6 is 11.6 Å². The fraction of sp³-hybridized carbons (Fsp3) is 1.00. The normalized spacial score (nSPS) is 3.60. The van der Waals surface area contributed by atoms with E-state index in [0.29, 0.717) is 0 Å². The van der Waals surface area contributed by atoms with E-state index in [1.165, 1.54) is 0 Å². The lowest BCUT2D eigenvalue weighted by Crippen LogP contribution is -1.36. The predicted molar refractivity (Wildman–Crippen MR) is 25.8 cm³/mol. The van der Waals surface area contributed by atoms with Gasteiger partial charge in [0.05, 0.1) is 0 Å². The molecule has 3 radical (unpaired) electrons. The van der Waals surface area contributed by atoms with Crippen LogP contribution in [-0.2, 0) is 0 Å². The largest absolute Gasteiger partial charge is 0.412 e. The quantitative estimate of drug-likeness (QED) is 0.311. The lowest BCUT2D eigenvalue weighted by Gasteiger charge is -1.45. The molecule has 0 heterocycles. The van der Waals surface area contributed by atoms with Crippen molar-refractivity contribution in [3.05, 3.63) is 0 Å². The van der Waals surface area contributed by atoms with Gasteiger partial charge in [0.25, 0.3) is 0 Å². The van der Waals surface area contributed by atoms with Gasteiger partial charge in [0, 0.05) is 23.2 Å². The molecule has 2 N–H and O–H groups in total. The van der Waals surface area contributed by atoms with E-state index in [9.17, 15) is 0 Å². The minimum absolute atomic E-state index is 0. The van der Waals surface area contributed by atoms with E-state index in [4.69, 9.17) is 11.6 Å². The molecule has 31 valence electrons. The van der Waals surface area contributed by atoms with E-state index >= 15 is 0 Å². The van der Waals surface area contributed by atoms with Crippen LogP contribution in [0.15, 0.2) is 0 Å². The van der Waals surface area contributed by atoms with E-state index in [-0.39, 0.29) is 22.8 Å². The summed E-state index contributed by atoms with van der Waals surface area (Å²) < 4.78 is 0. The molecule has 0 atom stereocenters. The summed E-state index contributed by atoms with van der Waals surface area (Å²) in [6, 6.07) is 0. The predicted octanol–water partition coefficient (Wildman–Crippen LogP) is 0.0396. The average molecular weight is 110 g/mol. The van der Waals surface area contributed by atoms with Gasteiger partial charge >= 0.3 is 0 Å². The number of hydrogen-bond acceptors (Lipinski definition) is 0. The number of alkyl halides is 1. The van der Waals surface area contributed by atoms with E-state index in [1.54, 1.807) is 0 Å². The maximum absolute atomic E-state index is 5.00. The third-order valence-electron chi connectivity index (χ3n) is 0. The Balaban J connectivity index is -0.0000000200. The second kappa shape index (κ2) is 21.5. The number of rotatable bonds is 0. The molecule has 5 heavy (non-hydrogen) atoms. The zero-order chi connectivity index (χ0) is 2.71. The van der Waals surface area contributed by atoms with Crippen LogP contribution in [0, 0.1) is 0 Å². The second-order valence-corrected chi connectivity index (χ2v) is 0.802. The Morgan fingerprint density at radius 2 is 1.60 bits per heavy atom. The van der Waals surface area contributed by atoms with Crippen molar-refractivity contribution in [1.82, 2.24) is 0 Å². The van der Waals surface area contributed by atoms with Gasteiger partial charge in [-0.25, -0.2) is 0 Å². The van der Waals surface area contributed by atoms with Crippen LogP contribution in [0.4, 0.5) is 0 Å². The molecule has 0 unspecified atom stereocenters. The van der Waals surface area contributed by atoms with Gasteiger partial charge in [-0.15, -0.1) is 11.6 Å². The van der Waals surface area contributed by atoms with Gasteiger partial charge in [-0.1, -0.05) is 6.92 Å². The summed E-state index contributed by atoms with van der Waals surface area (Å²) in [4.78, 5) is 0. The van der Waals surface area contributed by atoms with Crippen LogP contribution in [0.5, 0.6) is 0 Å². The number of hydrogen-bond donors (Lipinski definition) is 0. The molecule has 0 rings (SSSR count). The summed E-state index contributed by atoms with van der Waals surface area (Å²) in [7, 11) is 0. The third-order valence-corrected chi connectivity index (χ3v) is 0. The fourth-order valence-electron chi connectivity index (χ4n) is 0. The van der Waals surface area contributed by atoms with Crippen LogP contribution < -0.4 is 0 Å². The maximum Gasteiger partial charge on any atom is 0.0195 e. The lowest BCUT2D eigenvalue weighted by atomic mass is 11.0. The van der Waals surface area contributed by atoms with Crippen molar-refractivity contribution >= 4 is 29.0 Å². The van der Waals surface area contributed by atoms with Gasteiger partial charge in [-0.3, -0.25) is 0 Å². The molecular weight excluding hydrogens is 102 g/mol. The van der Waals surface area contributed by atoms with E-state index in [2.05, 4.69) is 0 Å². The molecule has 0 bridgehead atoms. The van der Waals surface area contributed by atoms with Crippen molar-refractivity contribution in [3.63, 3.8) is 0 Å². The highest BCUT2D eigenvalue weighted by atomic mass is 35.5. The summed E-state index contributed by atoms with van der Waals surface area (Å²) in [6.07, 6.45) is 0. The van der Waals surface area contributed by atoms with Crippen molar-refractivity contribution in [2.24, 2.45) is 0 Å². The highest BCUT2D eigenvalue weighted by Crippen LogP contribution is 1.59. The van der Waals surface area contributed by atoms with Gasteiger partial charge in [0.2, 0.25) is 0 Å². The topological polar surface area (TPSA) is 31.5 Å². The van der Waals surface area contributed by atoms with Gasteiger partial charge in [-0.05, 0) is 0 Å². The zero-order valence-corrected chi connectivity index (χ0v) is 5.07. The first kappa shape index (κ1) is 17.1. The van der Waals surface area contributed by atoms with E-state index in [0.717, 1.165) is 5.88 Å². The van der Waals surface area contributed by atoms with Crippen LogP contribution in [0.3, 0.4) is 0 Å². The highest BCUT2D eigenvalue weighted by molar-refractivity contribution is 6.17. The first-order valence-corrected chi connectivity index (χ1v) is 1.51. The van der Waals surface area contributed by atoms with Crippen molar-refractivity contribution in [2.75, 3.05) is 5.88 Å². The Hall–Kier alpha value is 0.782. The third kappa shape index (κ3) is 60.5. The highest BCUT2D eigenvalue weighted by Gasteiger charge is 1.38. The van der Waals surface area contributed by atoms with Crippen LogP contribution in [0.25, 0.3) is 0 Å². The smallest absolute Gasteiger partial charge is 0.0195 e. The molecule has 0 aliphatic rings. The Morgan fingerprint density at radius 1 is 1.60 bits per heavy atom. The lowest BCUT2D eigenvalue weighted by molar-refractivity contribution is 0.824. The molecule has 1 nitrogen and oxygen atoms in total. The molecular formula is C2H7AlClO. The van der Waals surface area contributed by atoms with Gasteiger partial charge in [0.15, 0.2) is 0 Å². The van der Waals surface area contributed by atoms with Crippen molar-refractivity contribution in [3.8, 4) is 0 Å². The summed E-state index contributed by atoms with van der Waals surface area (Å²) in [5.41, 5.74) is 0. The zero-order valence-electron chi connectivity index (χ0n) is 3.16. The summed E-state index contributed by atoms with van der Waals surface area (Å²) in [6.45, 7) is 1.89. The molecule has 0 saturated carbocycles. The molecule has 0 aliphatic heterocycles. The van der Waals surface area contributed by atoms with Gasteiger partial charge in [0.1, 0.15) is 0 Å². The second-order valence-electron chi connectivity index (χ2n) is 0.267. The SMILES string of the molecule is CCCl.O.[Al]. The molecule has 0 fully saturated rings. The minimum atomic E-state index is 0. The first-order chi connectivity index (χ1) is 1.41. The van der Waals surface area contributed by atoms with E-state index < -0.39 is 0 Å². The molecule has 0 aromatic heterocycles. The van der Waals surface area contributed by atoms with Crippen molar-refractivity contribution in [2.45, 2.75) is 6.92 Å². The number of halogens is 1. The molecule has 3 heteroatoms. The molecule has 0 aromatic rings. The average Bonchev–Trinajstić information content (AvgIpc) is 0.918. The molecule has 0 aliphatic carbocycles. The fourth-order valence-corrected chi connectivity index (χ4v) is 0. The van der Waals surface area contributed by atoms with Crippen LogP contribution in [0.1, 0.15) is 6.92 Å². The minimum Gasteiger partial charge on any atom is -0.412 e. The van der Waals surface area contributed by atoms with Crippen LogP contribution in [-0.4, -0.2) is 28.7 Å². The molecule has 0 aromatic carbocycles. The standard InChI is InChI=1S/C2H5Cl.Al.H2O/c1-2-3;;/h2H2,1H3;;1H2. The Bertz CT molecular complexity index is 9.61. The van der Waals surface area contributed by atoms with Gasteiger partial charge < -0.3 is 5.48 Å². The summed E-state index contributed by atoms with van der Waals surface area (Å²) >= 11 is 5.00. The van der Waals surface area contributed by atoms with E-state index in [1.807, 2.05) is 6.92 Å². The Morgan fingerprint density at radius 3 is 1.60 bits per heavy atom. The molecule has 0 spiro atoms. The molecule has 0 amide bonds. The Labute approximate surface area is 47.8 Å². The van der Waals surface area contributed by atoms with Crippen molar-refractivity contribution < 1.29 is 5.48 Å². The monoisotopic (exact) mass is 109 g/mol.